The zero-order valence-electron chi connectivity index (χ0n) is 10.8. The lowest BCUT2D eigenvalue weighted by Gasteiger charge is -2.11. The molecule has 1 nitrogen and oxygen atoms in total. The Balaban J connectivity index is 2.15. The molecule has 0 unspecified atom stereocenters. The molecule has 108 valence electrons. The molecule has 0 saturated heterocycles. The molecule has 0 atom stereocenters. The Morgan fingerprint density at radius 1 is 1.10 bits per heavy atom. The smallest absolute Gasteiger partial charge is 0.381 e. The molecule has 0 aliphatic heterocycles. The first-order chi connectivity index (χ1) is 9.90. The van der Waals surface area contributed by atoms with Gasteiger partial charge >= 0.3 is 6.18 Å². The van der Waals surface area contributed by atoms with Crippen LogP contribution in [0.5, 0.6) is 0 Å². The molecule has 0 fully saturated rings. The third-order valence-electron chi connectivity index (χ3n) is 2.86. The number of anilines is 1. The summed E-state index contributed by atoms with van der Waals surface area (Å²) < 4.78 is 51.0. The van der Waals surface area contributed by atoms with E-state index in [2.05, 4.69) is 11.2 Å². The van der Waals surface area contributed by atoms with Crippen molar-refractivity contribution in [1.82, 2.24) is 0 Å². The van der Waals surface area contributed by atoms with Crippen molar-refractivity contribution in [1.29, 1.82) is 0 Å². The van der Waals surface area contributed by atoms with Crippen molar-refractivity contribution >= 4 is 5.69 Å². The predicted molar refractivity (Wildman–Crippen MR) is 73.1 cm³/mol. The van der Waals surface area contributed by atoms with Crippen molar-refractivity contribution in [3.63, 3.8) is 0 Å². The maximum atomic E-state index is 13.2. The van der Waals surface area contributed by atoms with E-state index in [9.17, 15) is 17.6 Å². The van der Waals surface area contributed by atoms with Crippen molar-refractivity contribution in [2.24, 2.45) is 0 Å². The number of alkyl halides is 3. The van der Waals surface area contributed by atoms with E-state index in [1.54, 1.807) is 24.3 Å². The molecular formula is C16H11F4N. The monoisotopic (exact) mass is 293 g/mol. The second kappa shape index (κ2) is 5.88. The maximum Gasteiger partial charge on any atom is 0.419 e. The van der Waals surface area contributed by atoms with E-state index in [-0.39, 0.29) is 6.54 Å². The van der Waals surface area contributed by atoms with Gasteiger partial charge in [0.15, 0.2) is 0 Å². The normalized spacial score (nSPS) is 11.0. The van der Waals surface area contributed by atoms with E-state index >= 15 is 0 Å². The Bertz CT molecular complexity index is 683. The second-order valence-corrected chi connectivity index (χ2v) is 4.39. The van der Waals surface area contributed by atoms with Crippen LogP contribution in [0.25, 0.3) is 0 Å². The Labute approximate surface area is 119 Å². The molecule has 0 radical (unpaired) electrons. The van der Waals surface area contributed by atoms with Crippen LogP contribution in [0.1, 0.15) is 16.7 Å². The van der Waals surface area contributed by atoms with Gasteiger partial charge in [-0.2, -0.15) is 13.2 Å². The van der Waals surface area contributed by atoms with Crippen LogP contribution in [0.15, 0.2) is 42.5 Å². The zero-order chi connectivity index (χ0) is 15.5. The summed E-state index contributed by atoms with van der Waals surface area (Å²) in [5.74, 6) is 1.19. The summed E-state index contributed by atoms with van der Waals surface area (Å²) in [7, 11) is 0. The fraction of sp³-hybridized carbons (Fsp3) is 0.125. The minimum absolute atomic E-state index is 0.136. The van der Waals surface area contributed by atoms with Gasteiger partial charge in [-0.15, -0.1) is 6.42 Å². The first-order valence-corrected chi connectivity index (χ1v) is 6.06. The molecule has 0 heterocycles. The molecule has 0 amide bonds. The number of terminal acetylenes is 1. The number of nitrogens with one attached hydrogen (secondary N) is 1. The van der Waals surface area contributed by atoms with Gasteiger partial charge in [0.2, 0.25) is 0 Å². The fourth-order valence-corrected chi connectivity index (χ4v) is 1.82. The van der Waals surface area contributed by atoms with Crippen LogP contribution in [0.4, 0.5) is 23.2 Å². The van der Waals surface area contributed by atoms with Gasteiger partial charge in [-0.1, -0.05) is 18.1 Å². The highest BCUT2D eigenvalue weighted by Crippen LogP contribution is 2.32. The topological polar surface area (TPSA) is 12.0 Å². The number of hydrogen-bond acceptors (Lipinski definition) is 1. The molecule has 0 aliphatic carbocycles. The average molecular weight is 293 g/mol. The van der Waals surface area contributed by atoms with Gasteiger partial charge in [0, 0.05) is 17.8 Å². The third kappa shape index (κ3) is 3.76. The Morgan fingerprint density at radius 2 is 1.86 bits per heavy atom. The van der Waals surface area contributed by atoms with Crippen molar-refractivity contribution in [2.45, 2.75) is 12.7 Å². The minimum atomic E-state index is -4.70. The molecule has 0 bridgehead atoms. The molecule has 1 N–H and O–H groups in total. The van der Waals surface area contributed by atoms with Gasteiger partial charge in [0.1, 0.15) is 5.82 Å². The molecule has 2 aromatic rings. The van der Waals surface area contributed by atoms with Crippen LogP contribution in [-0.2, 0) is 12.7 Å². The van der Waals surface area contributed by atoms with Gasteiger partial charge in [-0.3, -0.25) is 0 Å². The summed E-state index contributed by atoms with van der Waals surface area (Å²) in [6.07, 6.45) is 0.561. The van der Waals surface area contributed by atoms with E-state index in [0.717, 1.165) is 12.1 Å². The van der Waals surface area contributed by atoms with Crippen LogP contribution in [-0.4, -0.2) is 0 Å². The van der Waals surface area contributed by atoms with Gasteiger partial charge in [-0.05, 0) is 35.9 Å². The number of benzene rings is 2. The van der Waals surface area contributed by atoms with E-state index in [4.69, 9.17) is 6.42 Å². The van der Waals surface area contributed by atoms with Gasteiger partial charge < -0.3 is 5.32 Å². The molecule has 21 heavy (non-hydrogen) atoms. The molecule has 0 spiro atoms. The fourth-order valence-electron chi connectivity index (χ4n) is 1.82. The van der Waals surface area contributed by atoms with Crippen LogP contribution in [0, 0.1) is 18.2 Å². The Kier molecular flexibility index (Phi) is 4.18. The van der Waals surface area contributed by atoms with Gasteiger partial charge in [0.05, 0.1) is 5.56 Å². The summed E-state index contributed by atoms with van der Waals surface area (Å²) in [5, 5.41) is 2.95. The predicted octanol–water partition coefficient (Wildman–Crippen LogP) is 4.44. The van der Waals surface area contributed by atoms with E-state index in [1.165, 1.54) is 6.07 Å². The van der Waals surface area contributed by atoms with Crippen LogP contribution in [0.3, 0.4) is 0 Å². The van der Waals surface area contributed by atoms with Crippen molar-refractivity contribution < 1.29 is 17.6 Å². The average Bonchev–Trinajstić information content (AvgIpc) is 2.45. The van der Waals surface area contributed by atoms with Crippen molar-refractivity contribution in [3.05, 3.63) is 65.0 Å². The summed E-state index contributed by atoms with van der Waals surface area (Å²) in [6.45, 7) is 0.136. The van der Waals surface area contributed by atoms with Crippen LogP contribution >= 0.6 is 0 Å². The summed E-state index contributed by atoms with van der Waals surface area (Å²) >= 11 is 0. The van der Waals surface area contributed by atoms with Crippen LogP contribution < -0.4 is 5.32 Å². The molecule has 5 heteroatoms. The molecular weight excluding hydrogens is 282 g/mol. The first-order valence-electron chi connectivity index (χ1n) is 6.06. The highest BCUT2D eigenvalue weighted by atomic mass is 19.4. The molecule has 0 aliphatic rings. The van der Waals surface area contributed by atoms with Crippen molar-refractivity contribution in [3.8, 4) is 12.3 Å². The van der Waals surface area contributed by atoms with E-state index in [0.29, 0.717) is 16.8 Å². The standard InChI is InChI=1S/C16H11F4N/c1-2-11-4-3-5-13(8-11)21-10-12-6-7-15(17)14(9-12)16(18,19)20/h1,3-9,21H,10H2. The van der Waals surface area contributed by atoms with Crippen molar-refractivity contribution in [2.75, 3.05) is 5.32 Å². The number of rotatable bonds is 3. The molecule has 0 saturated carbocycles. The number of hydrogen-bond donors (Lipinski definition) is 1. The lowest BCUT2D eigenvalue weighted by atomic mass is 10.1. The quantitative estimate of drug-likeness (QED) is 0.651. The first kappa shape index (κ1) is 14.9. The highest BCUT2D eigenvalue weighted by molar-refractivity contribution is 5.50. The van der Waals surface area contributed by atoms with Crippen LogP contribution in [0.2, 0.25) is 0 Å². The summed E-state index contributed by atoms with van der Waals surface area (Å²) in [6, 6.07) is 9.85. The largest absolute Gasteiger partial charge is 0.419 e. The summed E-state index contributed by atoms with van der Waals surface area (Å²) in [4.78, 5) is 0. The van der Waals surface area contributed by atoms with Gasteiger partial charge in [-0.25, -0.2) is 4.39 Å². The lowest BCUT2D eigenvalue weighted by molar-refractivity contribution is -0.140. The molecule has 2 aromatic carbocycles. The van der Waals surface area contributed by atoms with E-state index < -0.39 is 17.6 Å². The SMILES string of the molecule is C#Cc1cccc(NCc2ccc(F)c(C(F)(F)F)c2)c1. The Hall–Kier alpha value is -2.48. The lowest BCUT2D eigenvalue weighted by Crippen LogP contribution is -2.10. The van der Waals surface area contributed by atoms with Gasteiger partial charge in [0.25, 0.3) is 0 Å². The third-order valence-corrected chi connectivity index (χ3v) is 2.86. The highest BCUT2D eigenvalue weighted by Gasteiger charge is 2.34. The molecule has 0 aromatic heterocycles. The zero-order valence-corrected chi connectivity index (χ0v) is 10.8. The minimum Gasteiger partial charge on any atom is -0.381 e. The Morgan fingerprint density at radius 3 is 2.52 bits per heavy atom. The number of halogens is 4. The molecule has 2 rings (SSSR count). The van der Waals surface area contributed by atoms with E-state index in [1.807, 2.05) is 0 Å². The second-order valence-electron chi connectivity index (χ2n) is 4.39. The maximum absolute atomic E-state index is 13.2. The summed E-state index contributed by atoms with van der Waals surface area (Å²) in [5.41, 5.74) is 0.410.